The van der Waals surface area contributed by atoms with Crippen LogP contribution >= 0.6 is 0 Å². The lowest BCUT2D eigenvalue weighted by Crippen LogP contribution is -2.69. The first-order chi connectivity index (χ1) is 11.8. The Kier molecular flexibility index (Phi) is 2.88. The number of carbonyl (C=O) groups is 1. The molecule has 3 saturated heterocycles. The second kappa shape index (κ2) is 4.59. The van der Waals surface area contributed by atoms with Crippen molar-refractivity contribution in [1.29, 1.82) is 0 Å². The van der Waals surface area contributed by atoms with E-state index < -0.39 is 0 Å². The lowest BCUT2D eigenvalue weighted by atomic mass is 9.50. The number of fused-ring (bicyclic) bond motifs is 5. The molecule has 2 N–H and O–H groups in total. The summed E-state index contributed by atoms with van der Waals surface area (Å²) in [5.41, 5.74) is 2.02. The van der Waals surface area contributed by atoms with Crippen molar-refractivity contribution in [2.24, 2.45) is 11.3 Å². The number of nitrogens with one attached hydrogen (secondary N) is 1. The Labute approximate surface area is 149 Å². The molecule has 0 unspecified atom stereocenters. The summed E-state index contributed by atoms with van der Waals surface area (Å²) in [5.74, 6) is 1.39. The van der Waals surface area contributed by atoms with Crippen molar-refractivity contribution < 1.29 is 9.90 Å². The molecule has 134 valence electrons. The highest BCUT2D eigenvalue weighted by Gasteiger charge is 2.62. The zero-order valence-corrected chi connectivity index (χ0v) is 15.4. The summed E-state index contributed by atoms with van der Waals surface area (Å²) in [7, 11) is 0. The van der Waals surface area contributed by atoms with Gasteiger partial charge >= 0.3 is 0 Å². The van der Waals surface area contributed by atoms with E-state index in [1.807, 2.05) is 6.07 Å². The molecular formula is C21H28N2O2. The van der Waals surface area contributed by atoms with E-state index in [-0.39, 0.29) is 22.4 Å². The average molecular weight is 340 g/mol. The van der Waals surface area contributed by atoms with E-state index in [2.05, 4.69) is 37.1 Å². The number of carbonyl (C=O) groups excluding carboxylic acids is 1. The zero-order valence-electron chi connectivity index (χ0n) is 15.4. The van der Waals surface area contributed by atoms with Gasteiger partial charge in [-0.15, -0.1) is 0 Å². The molecule has 4 fully saturated rings. The summed E-state index contributed by atoms with van der Waals surface area (Å²) in [6, 6.07) is 6.08. The Morgan fingerprint density at radius 2 is 2.04 bits per heavy atom. The molecule has 3 heterocycles. The van der Waals surface area contributed by atoms with Gasteiger partial charge in [-0.1, -0.05) is 32.9 Å². The molecule has 1 aromatic rings. The number of benzene rings is 1. The van der Waals surface area contributed by atoms with Gasteiger partial charge in [-0.25, -0.2) is 0 Å². The van der Waals surface area contributed by atoms with Gasteiger partial charge in [-0.05, 0) is 60.8 Å². The maximum absolute atomic E-state index is 13.5. The zero-order chi connectivity index (χ0) is 17.6. The quantitative estimate of drug-likeness (QED) is 0.826. The van der Waals surface area contributed by atoms with E-state index in [1.54, 1.807) is 6.07 Å². The molecule has 4 bridgehead atoms. The fraction of sp³-hybridized carbons (Fsp3) is 0.667. The number of amides is 1. The van der Waals surface area contributed by atoms with Gasteiger partial charge in [-0.3, -0.25) is 4.79 Å². The van der Waals surface area contributed by atoms with Gasteiger partial charge in [0.15, 0.2) is 0 Å². The van der Waals surface area contributed by atoms with Crippen molar-refractivity contribution in [3.63, 3.8) is 0 Å². The van der Waals surface area contributed by atoms with Crippen LogP contribution in [-0.2, 0) is 16.6 Å². The minimum Gasteiger partial charge on any atom is -0.508 e. The minimum atomic E-state index is -0.284. The maximum Gasteiger partial charge on any atom is 0.243 e. The molecule has 5 aliphatic rings. The highest BCUT2D eigenvalue weighted by molar-refractivity contribution is 5.89. The lowest BCUT2D eigenvalue weighted by Gasteiger charge is -2.61. The summed E-state index contributed by atoms with van der Waals surface area (Å²) in [4.78, 5) is 15.6. The molecule has 0 aromatic heterocycles. The largest absolute Gasteiger partial charge is 0.508 e. The third-order valence-corrected chi connectivity index (χ3v) is 8.30. The minimum absolute atomic E-state index is 0.0102. The highest BCUT2D eigenvalue weighted by atomic mass is 16.3. The molecule has 2 aliphatic carbocycles. The second-order valence-corrected chi connectivity index (χ2v) is 9.56. The number of hydrogen-bond donors (Lipinski definition) is 2. The predicted octanol–water partition coefficient (Wildman–Crippen LogP) is 2.59. The number of phenols is 1. The number of rotatable bonds is 1. The van der Waals surface area contributed by atoms with E-state index in [9.17, 15) is 9.90 Å². The summed E-state index contributed by atoms with van der Waals surface area (Å²) in [5, 5.41) is 14.0. The van der Waals surface area contributed by atoms with Crippen molar-refractivity contribution in [3.8, 4) is 5.75 Å². The topological polar surface area (TPSA) is 52.6 Å². The monoisotopic (exact) mass is 340 g/mol. The molecule has 0 spiro atoms. The number of likely N-dealkylation sites (tertiary alicyclic amines) is 1. The van der Waals surface area contributed by atoms with E-state index in [4.69, 9.17) is 0 Å². The van der Waals surface area contributed by atoms with Crippen LogP contribution in [0.25, 0.3) is 0 Å². The third kappa shape index (κ3) is 1.74. The Bertz CT molecular complexity index is 760. The average Bonchev–Trinajstić information content (AvgIpc) is 3.12. The van der Waals surface area contributed by atoms with Crippen LogP contribution in [-0.4, -0.2) is 40.6 Å². The molecule has 0 radical (unpaired) electrons. The number of aromatic hydroxyl groups is 1. The molecule has 3 aliphatic heterocycles. The summed E-state index contributed by atoms with van der Waals surface area (Å²) < 4.78 is 0. The standard InChI is InChI=1S/C21H28N2O2/c1-19(2)17-9-14-15(5-4-6-16(14)24)20(19,3)7-8-23(17)18(25)21-10-13(11-21)12-22-21/h4-6,13,17,22,24H,7-12H2,1-3H3/t13?,17-,20+,21?/m1/s1. The third-order valence-electron chi connectivity index (χ3n) is 8.30. The first kappa shape index (κ1) is 15.7. The van der Waals surface area contributed by atoms with Crippen molar-refractivity contribution in [3.05, 3.63) is 29.3 Å². The fourth-order valence-electron chi connectivity index (χ4n) is 6.25. The molecule has 25 heavy (non-hydrogen) atoms. The van der Waals surface area contributed by atoms with Crippen LogP contribution in [0.1, 0.15) is 51.2 Å². The molecule has 1 amide bonds. The van der Waals surface area contributed by atoms with Crippen LogP contribution in [0.2, 0.25) is 0 Å². The summed E-state index contributed by atoms with van der Waals surface area (Å²) in [6.07, 6.45) is 3.73. The van der Waals surface area contributed by atoms with Crippen molar-refractivity contribution in [2.45, 2.75) is 63.5 Å². The number of hydrogen-bond acceptors (Lipinski definition) is 3. The van der Waals surface area contributed by atoms with Gasteiger partial charge in [0.05, 0.1) is 5.54 Å². The van der Waals surface area contributed by atoms with E-state index >= 15 is 0 Å². The van der Waals surface area contributed by atoms with Crippen LogP contribution in [0.5, 0.6) is 5.75 Å². The normalized spacial score (nSPS) is 40.4. The summed E-state index contributed by atoms with van der Waals surface area (Å²) >= 11 is 0. The molecule has 1 aromatic carbocycles. The van der Waals surface area contributed by atoms with Crippen LogP contribution in [0.4, 0.5) is 0 Å². The Morgan fingerprint density at radius 1 is 1.28 bits per heavy atom. The molecule has 2 atom stereocenters. The number of phenolic OH excluding ortho intramolecular Hbond substituents is 1. The van der Waals surface area contributed by atoms with Crippen molar-refractivity contribution >= 4 is 5.91 Å². The Morgan fingerprint density at radius 3 is 2.72 bits per heavy atom. The Balaban J connectivity index is 1.58. The van der Waals surface area contributed by atoms with E-state index in [0.717, 1.165) is 44.3 Å². The first-order valence-electron chi connectivity index (χ1n) is 9.66. The summed E-state index contributed by atoms with van der Waals surface area (Å²) in [6.45, 7) is 8.77. The predicted molar refractivity (Wildman–Crippen MR) is 96.5 cm³/mol. The fourth-order valence-corrected chi connectivity index (χ4v) is 6.25. The number of nitrogens with zero attached hydrogens (tertiary/aromatic N) is 1. The van der Waals surface area contributed by atoms with Gasteiger partial charge in [0.1, 0.15) is 5.75 Å². The van der Waals surface area contributed by atoms with Crippen LogP contribution in [0.3, 0.4) is 0 Å². The van der Waals surface area contributed by atoms with Crippen LogP contribution < -0.4 is 5.32 Å². The van der Waals surface area contributed by atoms with Crippen LogP contribution in [0.15, 0.2) is 18.2 Å². The first-order valence-corrected chi connectivity index (χ1v) is 9.66. The van der Waals surface area contributed by atoms with Crippen molar-refractivity contribution in [2.75, 3.05) is 13.1 Å². The second-order valence-electron chi connectivity index (χ2n) is 9.56. The van der Waals surface area contributed by atoms with Gasteiger partial charge in [0.2, 0.25) is 5.91 Å². The molecular weight excluding hydrogens is 312 g/mol. The lowest BCUT2D eigenvalue weighted by molar-refractivity contribution is -0.153. The van der Waals surface area contributed by atoms with E-state index in [1.165, 1.54) is 5.56 Å². The smallest absolute Gasteiger partial charge is 0.243 e. The number of piperidine rings is 1. The molecule has 6 rings (SSSR count). The van der Waals surface area contributed by atoms with Gasteiger partial charge in [0, 0.05) is 18.0 Å². The molecule has 4 heteroatoms. The van der Waals surface area contributed by atoms with Crippen LogP contribution in [0, 0.1) is 11.3 Å². The van der Waals surface area contributed by atoms with Crippen molar-refractivity contribution in [1.82, 2.24) is 10.2 Å². The SMILES string of the molecule is CC1(C)[C@H]2Cc3c(O)cccc3[C@]1(C)CCN2C(=O)C12CC(CN1)C2. The van der Waals surface area contributed by atoms with E-state index in [0.29, 0.717) is 17.6 Å². The Hall–Kier alpha value is -1.55. The maximum atomic E-state index is 13.5. The molecule has 1 saturated carbocycles. The van der Waals surface area contributed by atoms with Gasteiger partial charge < -0.3 is 15.3 Å². The van der Waals surface area contributed by atoms with Gasteiger partial charge in [0.25, 0.3) is 0 Å². The molecule has 4 nitrogen and oxygen atoms in total. The highest BCUT2D eigenvalue weighted by Crippen LogP contribution is 2.58. The van der Waals surface area contributed by atoms with Gasteiger partial charge in [-0.2, -0.15) is 0 Å².